The molecule has 0 N–H and O–H groups in total. The summed E-state index contributed by atoms with van der Waals surface area (Å²) in [5.41, 5.74) is 0.237. The average Bonchev–Trinajstić information content (AvgIpc) is 3.43. The number of anilines is 1. The number of rotatable bonds is 6. The normalized spacial score (nSPS) is 16.7. The number of hydrogen-bond donors (Lipinski definition) is 0. The molecule has 0 atom stereocenters. The van der Waals surface area contributed by atoms with Crippen molar-refractivity contribution in [2.75, 3.05) is 31.1 Å². The van der Waals surface area contributed by atoms with E-state index in [1.807, 2.05) is 46.7 Å². The molecule has 2 aliphatic rings. The van der Waals surface area contributed by atoms with Gasteiger partial charge >= 0.3 is 11.2 Å². The molecule has 1 aliphatic carbocycles. The predicted octanol–water partition coefficient (Wildman–Crippen LogP) is 5.54. The van der Waals surface area contributed by atoms with Crippen LogP contribution in [0.5, 0.6) is 0 Å². The van der Waals surface area contributed by atoms with Crippen molar-refractivity contribution in [1.29, 1.82) is 0 Å². The van der Waals surface area contributed by atoms with Gasteiger partial charge in [-0.15, -0.1) is 11.3 Å². The molecule has 5 rings (SSSR count). The molecule has 1 aliphatic heterocycles. The molecule has 3 aromatic rings. The topological polar surface area (TPSA) is 88.7 Å². The number of aryl methyl sites for hydroxylation is 1. The highest BCUT2D eigenvalue weighted by molar-refractivity contribution is 7.12. The summed E-state index contributed by atoms with van der Waals surface area (Å²) in [7, 11) is 0. The molecule has 192 valence electrons. The number of pyridine rings is 1. The van der Waals surface area contributed by atoms with Crippen LogP contribution < -0.4 is 10.5 Å². The number of amides is 1. The smallest absolute Gasteiger partial charge is 0.357 e. The Bertz CT molecular complexity index is 1270. The fourth-order valence-electron chi connectivity index (χ4n) is 5.56. The minimum Gasteiger partial charge on any atom is -0.362 e. The largest absolute Gasteiger partial charge is 0.362 e. The summed E-state index contributed by atoms with van der Waals surface area (Å²) in [6.45, 7) is 2.27. The van der Waals surface area contributed by atoms with E-state index in [4.69, 9.17) is 0 Å². The number of hydrogen-bond acceptors (Lipinski definition) is 6. The minimum atomic E-state index is -0.531. The van der Waals surface area contributed by atoms with Crippen molar-refractivity contribution >= 4 is 39.5 Å². The van der Waals surface area contributed by atoms with Crippen molar-refractivity contribution in [2.24, 2.45) is 5.92 Å². The van der Waals surface area contributed by atoms with Gasteiger partial charge in [-0.2, -0.15) is 0 Å². The van der Waals surface area contributed by atoms with Crippen LogP contribution in [0, 0.1) is 16.0 Å². The Hall–Kier alpha value is -3.20. The first-order valence-electron chi connectivity index (χ1n) is 12.4. The summed E-state index contributed by atoms with van der Waals surface area (Å²) in [5, 5.41) is 14.8. The van der Waals surface area contributed by atoms with Crippen LogP contribution in [0.25, 0.3) is 10.9 Å². The number of benzene rings is 1. The highest BCUT2D eigenvalue weighted by Gasteiger charge is 2.32. The number of para-hydroxylation sites is 1. The summed E-state index contributed by atoms with van der Waals surface area (Å²) < 4.78 is 1.61. The molecule has 0 unspecified atom stereocenters. The molecule has 1 amide bonds. The van der Waals surface area contributed by atoms with Gasteiger partial charge in [0.15, 0.2) is 0 Å². The number of thiophene rings is 1. The van der Waals surface area contributed by atoms with Gasteiger partial charge < -0.3 is 14.4 Å². The highest BCUT2D eigenvalue weighted by atomic mass is 32.1. The highest BCUT2D eigenvalue weighted by Crippen LogP contribution is 2.35. The number of nitro groups is 1. The molecule has 0 bridgehead atoms. The molecule has 2 fully saturated rings. The zero-order valence-corrected chi connectivity index (χ0v) is 20.5. The SMILES string of the molecule is C.O=C(c1cccs1)N1CCN(c2c([N+](=O)[O-])c(=O)n(CCC3CCCCC3)c3ccccc23)CC1. The lowest BCUT2D eigenvalue weighted by Gasteiger charge is -2.36. The summed E-state index contributed by atoms with van der Waals surface area (Å²) in [4.78, 5) is 42.3. The maximum atomic E-state index is 13.5. The first-order chi connectivity index (χ1) is 17.0. The standard InChI is InChI=1S/C26H30N4O4S.CH4/c31-25(22-11-6-18-35-22)28-16-14-27(15-17-28)23-20-9-4-5-10-21(20)29(26(32)24(23)30(33)34)13-12-19-7-2-1-3-8-19;/h4-6,9-11,18-19H,1-3,7-8,12-17H2;1H4. The van der Waals surface area contributed by atoms with Crippen LogP contribution in [0.2, 0.25) is 0 Å². The number of nitrogens with zero attached hydrogens (tertiary/aromatic N) is 4. The van der Waals surface area contributed by atoms with Gasteiger partial charge in [-0.1, -0.05) is 63.8 Å². The molecule has 2 aromatic heterocycles. The number of carbonyl (C=O) groups excluding carboxylic acids is 1. The van der Waals surface area contributed by atoms with Gasteiger partial charge in [0.2, 0.25) is 0 Å². The second-order valence-electron chi connectivity index (χ2n) is 9.48. The summed E-state index contributed by atoms with van der Waals surface area (Å²) >= 11 is 1.41. The Morgan fingerprint density at radius 1 is 1.03 bits per heavy atom. The van der Waals surface area contributed by atoms with Crippen LogP contribution in [0.3, 0.4) is 0 Å². The van der Waals surface area contributed by atoms with Gasteiger partial charge in [-0.3, -0.25) is 19.7 Å². The van der Waals surface area contributed by atoms with E-state index in [9.17, 15) is 19.7 Å². The molecular formula is C27H34N4O4S. The number of carbonyl (C=O) groups is 1. The van der Waals surface area contributed by atoms with E-state index in [0.29, 0.717) is 49.2 Å². The van der Waals surface area contributed by atoms with Crippen LogP contribution in [0.15, 0.2) is 46.6 Å². The third-order valence-corrected chi connectivity index (χ3v) is 8.26. The third-order valence-electron chi connectivity index (χ3n) is 7.41. The van der Waals surface area contributed by atoms with E-state index in [-0.39, 0.29) is 19.0 Å². The van der Waals surface area contributed by atoms with E-state index in [1.54, 1.807) is 9.47 Å². The number of fused-ring (bicyclic) bond motifs is 1. The first-order valence-corrected chi connectivity index (χ1v) is 13.3. The van der Waals surface area contributed by atoms with Crippen LogP contribution >= 0.6 is 11.3 Å². The maximum Gasteiger partial charge on any atom is 0.357 e. The van der Waals surface area contributed by atoms with Gasteiger partial charge in [-0.25, -0.2) is 0 Å². The van der Waals surface area contributed by atoms with Gasteiger partial charge in [0.1, 0.15) is 5.69 Å². The molecule has 1 saturated heterocycles. The third kappa shape index (κ3) is 5.02. The Balaban J connectivity index is 0.00000304. The number of aromatic nitrogens is 1. The Kier molecular flexibility index (Phi) is 8.08. The van der Waals surface area contributed by atoms with Crippen LogP contribution in [-0.2, 0) is 6.54 Å². The fraction of sp³-hybridized carbons (Fsp3) is 0.481. The van der Waals surface area contributed by atoms with Crippen molar-refractivity contribution in [3.05, 3.63) is 67.1 Å². The molecule has 36 heavy (non-hydrogen) atoms. The van der Waals surface area contributed by atoms with E-state index in [0.717, 1.165) is 17.3 Å². The summed E-state index contributed by atoms with van der Waals surface area (Å²) in [5.74, 6) is 0.555. The summed E-state index contributed by atoms with van der Waals surface area (Å²) in [6, 6.07) is 11.2. The average molecular weight is 511 g/mol. The maximum absolute atomic E-state index is 13.5. The molecule has 1 saturated carbocycles. The monoisotopic (exact) mass is 510 g/mol. The van der Waals surface area contributed by atoms with Crippen LogP contribution in [-0.4, -0.2) is 46.5 Å². The van der Waals surface area contributed by atoms with Crippen LogP contribution in [0.1, 0.15) is 55.6 Å². The quantitative estimate of drug-likeness (QED) is 0.321. The van der Waals surface area contributed by atoms with Gasteiger partial charge in [-0.05, 0) is 29.9 Å². The van der Waals surface area contributed by atoms with Gasteiger partial charge in [0, 0.05) is 38.1 Å². The Labute approximate surface area is 215 Å². The van der Waals surface area contributed by atoms with Crippen molar-refractivity contribution in [1.82, 2.24) is 9.47 Å². The molecule has 3 heterocycles. The van der Waals surface area contributed by atoms with E-state index in [1.165, 1.54) is 43.4 Å². The predicted molar refractivity (Wildman–Crippen MR) is 145 cm³/mol. The number of piperazine rings is 1. The summed E-state index contributed by atoms with van der Waals surface area (Å²) in [6.07, 6.45) is 6.92. The van der Waals surface area contributed by atoms with E-state index < -0.39 is 10.5 Å². The molecule has 0 radical (unpaired) electrons. The van der Waals surface area contributed by atoms with Crippen molar-refractivity contribution < 1.29 is 9.72 Å². The van der Waals surface area contributed by atoms with Gasteiger partial charge in [0.25, 0.3) is 5.91 Å². The fourth-order valence-corrected chi connectivity index (χ4v) is 6.25. The first kappa shape index (κ1) is 25.9. The van der Waals surface area contributed by atoms with Crippen molar-refractivity contribution in [3.8, 4) is 0 Å². The lowest BCUT2D eigenvalue weighted by molar-refractivity contribution is -0.385. The lowest BCUT2D eigenvalue weighted by atomic mass is 9.87. The molecular weight excluding hydrogens is 476 g/mol. The lowest BCUT2D eigenvalue weighted by Crippen LogP contribution is -2.49. The van der Waals surface area contributed by atoms with Crippen molar-refractivity contribution in [2.45, 2.75) is 52.5 Å². The molecule has 1 aromatic carbocycles. The minimum absolute atomic E-state index is 0. The Morgan fingerprint density at radius 3 is 2.42 bits per heavy atom. The van der Waals surface area contributed by atoms with E-state index in [2.05, 4.69) is 0 Å². The van der Waals surface area contributed by atoms with Gasteiger partial charge in [0.05, 0.1) is 15.3 Å². The second-order valence-corrected chi connectivity index (χ2v) is 10.4. The zero-order chi connectivity index (χ0) is 24.4. The molecule has 8 nitrogen and oxygen atoms in total. The van der Waals surface area contributed by atoms with E-state index >= 15 is 0 Å². The Morgan fingerprint density at radius 2 is 1.75 bits per heavy atom. The van der Waals surface area contributed by atoms with Crippen molar-refractivity contribution in [3.63, 3.8) is 0 Å². The molecule has 0 spiro atoms. The molecule has 9 heteroatoms. The zero-order valence-electron chi connectivity index (χ0n) is 19.7. The van der Waals surface area contributed by atoms with Crippen LogP contribution in [0.4, 0.5) is 11.4 Å². The second kappa shape index (κ2) is 11.2.